The molecule has 1 atom stereocenters. The van der Waals surface area contributed by atoms with Gasteiger partial charge in [0.15, 0.2) is 0 Å². The van der Waals surface area contributed by atoms with Crippen LogP contribution in [-0.2, 0) is 11.3 Å². The number of hydrogen-bond acceptors (Lipinski definition) is 4. The largest absolute Gasteiger partial charge is 0.338 e. The highest BCUT2D eigenvalue weighted by atomic mass is 35.5. The molecule has 8 heteroatoms. The van der Waals surface area contributed by atoms with Crippen molar-refractivity contribution >= 4 is 45.9 Å². The second-order valence-electron chi connectivity index (χ2n) is 8.87. The van der Waals surface area contributed by atoms with Crippen LogP contribution in [0.1, 0.15) is 28.8 Å². The van der Waals surface area contributed by atoms with Crippen molar-refractivity contribution in [2.24, 2.45) is 0 Å². The van der Waals surface area contributed by atoms with E-state index in [0.717, 1.165) is 37.0 Å². The van der Waals surface area contributed by atoms with Crippen molar-refractivity contribution in [1.29, 1.82) is 0 Å². The first-order valence-corrected chi connectivity index (χ1v) is 12.4. The van der Waals surface area contributed by atoms with E-state index in [4.69, 9.17) is 23.2 Å². The number of rotatable bonds is 4. The number of carbonyl (C=O) groups excluding carboxylic acids is 2. The third kappa shape index (κ3) is 4.63. The normalized spacial score (nSPS) is 19.1. The standard InChI is InChI=1S/C26H26Cl2N4O2/c27-20-8-9-22(28)21(16-20)25(33)32-11-3-7-23(32)26(34)31-14-12-30(13-15-31)17-19-5-1-4-18-6-2-10-29-24(18)19/h1-2,4-6,8-10,16,23H,3,7,11-15,17H2. The second-order valence-corrected chi connectivity index (χ2v) is 9.72. The predicted octanol–water partition coefficient (Wildman–Crippen LogP) is 4.49. The van der Waals surface area contributed by atoms with Gasteiger partial charge in [-0.3, -0.25) is 19.5 Å². The van der Waals surface area contributed by atoms with Gasteiger partial charge in [-0.25, -0.2) is 0 Å². The lowest BCUT2D eigenvalue weighted by molar-refractivity contribution is -0.137. The molecule has 0 radical (unpaired) electrons. The number of halogens is 2. The molecule has 1 aromatic heterocycles. The minimum absolute atomic E-state index is 0.0236. The first-order chi connectivity index (χ1) is 16.5. The molecule has 0 N–H and O–H groups in total. The van der Waals surface area contributed by atoms with E-state index >= 15 is 0 Å². The summed E-state index contributed by atoms with van der Waals surface area (Å²) in [6.45, 7) is 4.22. The molecule has 0 saturated carbocycles. The minimum Gasteiger partial charge on any atom is -0.338 e. The van der Waals surface area contributed by atoms with Gasteiger partial charge < -0.3 is 9.80 Å². The van der Waals surface area contributed by atoms with Gasteiger partial charge in [-0.05, 0) is 42.7 Å². The number of amides is 2. The van der Waals surface area contributed by atoms with E-state index in [1.807, 2.05) is 17.2 Å². The zero-order valence-corrected chi connectivity index (χ0v) is 20.3. The van der Waals surface area contributed by atoms with Gasteiger partial charge >= 0.3 is 0 Å². The summed E-state index contributed by atoms with van der Waals surface area (Å²) in [7, 11) is 0. The van der Waals surface area contributed by atoms with E-state index in [1.165, 1.54) is 5.56 Å². The lowest BCUT2D eigenvalue weighted by Crippen LogP contribution is -2.54. The number of pyridine rings is 1. The summed E-state index contributed by atoms with van der Waals surface area (Å²) in [4.78, 5) is 37.0. The first-order valence-electron chi connectivity index (χ1n) is 11.6. The molecule has 34 heavy (non-hydrogen) atoms. The van der Waals surface area contributed by atoms with Crippen LogP contribution in [0, 0.1) is 0 Å². The number of piperazine rings is 1. The molecule has 2 fully saturated rings. The zero-order valence-electron chi connectivity index (χ0n) is 18.8. The molecule has 5 rings (SSSR count). The molecule has 1 unspecified atom stereocenters. The zero-order chi connectivity index (χ0) is 23.7. The molecule has 3 heterocycles. The maximum absolute atomic E-state index is 13.4. The minimum atomic E-state index is -0.448. The number of benzene rings is 2. The third-order valence-corrected chi connectivity index (χ3v) is 7.32. The molecule has 2 saturated heterocycles. The summed E-state index contributed by atoms with van der Waals surface area (Å²) in [5.74, 6) is -0.207. The quantitative estimate of drug-likeness (QED) is 0.533. The Morgan fingerprint density at radius 1 is 0.971 bits per heavy atom. The Bertz CT molecular complexity index is 1220. The molecule has 0 aliphatic carbocycles. The van der Waals surface area contributed by atoms with Crippen LogP contribution < -0.4 is 0 Å². The molecule has 0 bridgehead atoms. The van der Waals surface area contributed by atoms with Gasteiger partial charge in [0.1, 0.15) is 6.04 Å². The van der Waals surface area contributed by atoms with Crippen LogP contribution in [0.2, 0.25) is 10.0 Å². The molecule has 2 aromatic carbocycles. The summed E-state index contributed by atoms with van der Waals surface area (Å²) in [6.07, 6.45) is 3.30. The average molecular weight is 497 g/mol. The van der Waals surface area contributed by atoms with Crippen molar-refractivity contribution in [3.8, 4) is 0 Å². The highest BCUT2D eigenvalue weighted by Gasteiger charge is 2.38. The van der Waals surface area contributed by atoms with Crippen LogP contribution in [0.25, 0.3) is 10.9 Å². The number of fused-ring (bicyclic) bond motifs is 1. The Morgan fingerprint density at radius 2 is 1.76 bits per heavy atom. The highest BCUT2D eigenvalue weighted by Crippen LogP contribution is 2.27. The van der Waals surface area contributed by atoms with Gasteiger partial charge in [-0.2, -0.15) is 0 Å². The maximum atomic E-state index is 13.4. The number of carbonyl (C=O) groups is 2. The van der Waals surface area contributed by atoms with Crippen molar-refractivity contribution in [2.75, 3.05) is 32.7 Å². The average Bonchev–Trinajstić information content (AvgIpc) is 3.35. The molecular weight excluding hydrogens is 471 g/mol. The molecule has 2 aliphatic rings. The first kappa shape index (κ1) is 23.1. The molecule has 6 nitrogen and oxygen atoms in total. The van der Waals surface area contributed by atoms with Crippen molar-refractivity contribution in [2.45, 2.75) is 25.4 Å². The molecule has 176 valence electrons. The molecule has 2 amide bonds. The molecular formula is C26H26Cl2N4O2. The number of aromatic nitrogens is 1. The highest BCUT2D eigenvalue weighted by molar-refractivity contribution is 6.35. The SMILES string of the molecule is O=C(C1CCCN1C(=O)c1cc(Cl)ccc1Cl)N1CCN(Cc2cccc3cccnc23)CC1. The van der Waals surface area contributed by atoms with E-state index in [1.54, 1.807) is 23.1 Å². The Morgan fingerprint density at radius 3 is 2.59 bits per heavy atom. The van der Waals surface area contributed by atoms with Crippen LogP contribution in [0.15, 0.2) is 54.7 Å². The molecule has 2 aliphatic heterocycles. The summed E-state index contributed by atoms with van der Waals surface area (Å²) in [5, 5.41) is 1.94. The van der Waals surface area contributed by atoms with Crippen molar-refractivity contribution in [3.63, 3.8) is 0 Å². The van der Waals surface area contributed by atoms with Gasteiger partial charge in [0.05, 0.1) is 16.1 Å². The predicted molar refractivity (Wildman–Crippen MR) is 134 cm³/mol. The van der Waals surface area contributed by atoms with Crippen LogP contribution >= 0.6 is 23.2 Å². The topological polar surface area (TPSA) is 56.8 Å². The summed E-state index contributed by atoms with van der Waals surface area (Å²) in [5.41, 5.74) is 2.58. The van der Waals surface area contributed by atoms with Crippen LogP contribution in [-0.4, -0.2) is 70.3 Å². The number of likely N-dealkylation sites (tertiary alicyclic amines) is 1. The van der Waals surface area contributed by atoms with E-state index in [9.17, 15) is 9.59 Å². The number of hydrogen-bond donors (Lipinski definition) is 0. The Balaban J connectivity index is 1.23. The van der Waals surface area contributed by atoms with E-state index < -0.39 is 6.04 Å². The van der Waals surface area contributed by atoms with Crippen molar-refractivity contribution in [1.82, 2.24) is 19.7 Å². The van der Waals surface area contributed by atoms with Crippen LogP contribution in [0.5, 0.6) is 0 Å². The van der Waals surface area contributed by atoms with Gasteiger partial charge in [0.2, 0.25) is 5.91 Å². The third-order valence-electron chi connectivity index (χ3n) is 6.75. The van der Waals surface area contributed by atoms with Crippen LogP contribution in [0.3, 0.4) is 0 Å². The number of nitrogens with zero attached hydrogens (tertiary/aromatic N) is 4. The maximum Gasteiger partial charge on any atom is 0.256 e. The van der Waals surface area contributed by atoms with Gasteiger partial charge in [0.25, 0.3) is 5.91 Å². The second kappa shape index (κ2) is 9.90. The molecule has 3 aromatic rings. The van der Waals surface area contributed by atoms with Gasteiger partial charge in [-0.1, -0.05) is 47.5 Å². The summed E-state index contributed by atoms with van der Waals surface area (Å²) < 4.78 is 0. The Kier molecular flexibility index (Phi) is 6.73. The fraction of sp³-hybridized carbons (Fsp3) is 0.346. The van der Waals surface area contributed by atoms with Crippen LogP contribution in [0.4, 0.5) is 0 Å². The van der Waals surface area contributed by atoms with E-state index in [2.05, 4.69) is 34.1 Å². The van der Waals surface area contributed by atoms with E-state index in [-0.39, 0.29) is 11.8 Å². The van der Waals surface area contributed by atoms with Gasteiger partial charge in [0, 0.05) is 55.9 Å². The smallest absolute Gasteiger partial charge is 0.256 e. The fourth-order valence-corrected chi connectivity index (χ4v) is 5.33. The van der Waals surface area contributed by atoms with E-state index in [0.29, 0.717) is 41.7 Å². The lowest BCUT2D eigenvalue weighted by Gasteiger charge is -2.37. The Labute approximate surface area is 209 Å². The van der Waals surface area contributed by atoms with Crippen molar-refractivity contribution < 1.29 is 9.59 Å². The fourth-order valence-electron chi connectivity index (χ4n) is 4.96. The number of para-hydroxylation sites is 1. The molecule has 0 spiro atoms. The summed E-state index contributed by atoms with van der Waals surface area (Å²) >= 11 is 12.3. The van der Waals surface area contributed by atoms with Crippen molar-refractivity contribution in [3.05, 3.63) is 75.9 Å². The Hall–Kier alpha value is -2.67. The monoisotopic (exact) mass is 496 g/mol. The lowest BCUT2D eigenvalue weighted by atomic mass is 10.1. The summed E-state index contributed by atoms with van der Waals surface area (Å²) in [6, 6.07) is 14.7. The van der Waals surface area contributed by atoms with Gasteiger partial charge in [-0.15, -0.1) is 0 Å².